The first-order valence-electron chi connectivity index (χ1n) is 9.11. The number of piperidine rings is 1. The summed E-state index contributed by atoms with van der Waals surface area (Å²) < 4.78 is 11.0. The van der Waals surface area contributed by atoms with Crippen molar-refractivity contribution >= 4 is 23.2 Å². The summed E-state index contributed by atoms with van der Waals surface area (Å²) in [6.45, 7) is 7.71. The normalized spacial score (nSPS) is 16.4. The second-order valence-corrected chi connectivity index (χ2v) is 6.89. The Balaban J connectivity index is 1.91. The summed E-state index contributed by atoms with van der Waals surface area (Å²) in [7, 11) is 0. The molecule has 1 unspecified atom stereocenters. The van der Waals surface area contributed by atoms with Crippen LogP contribution in [0.25, 0.3) is 0 Å². The molecule has 1 aromatic carbocycles. The van der Waals surface area contributed by atoms with Crippen LogP contribution in [0.1, 0.15) is 33.1 Å². The summed E-state index contributed by atoms with van der Waals surface area (Å²) in [6, 6.07) is 5.38. The Labute approximate surface area is 155 Å². The molecule has 0 saturated carbocycles. The van der Waals surface area contributed by atoms with Gasteiger partial charge in [0.15, 0.2) is 5.75 Å². The number of hydrogen-bond acceptors (Lipinski definition) is 4. The Hall–Kier alpha value is -1.30. The van der Waals surface area contributed by atoms with Crippen LogP contribution in [0.3, 0.4) is 0 Å². The number of benzene rings is 1. The molecule has 0 spiro atoms. The lowest BCUT2D eigenvalue weighted by Crippen LogP contribution is -2.32. The second kappa shape index (κ2) is 10.6. The van der Waals surface area contributed by atoms with Crippen molar-refractivity contribution in [2.75, 3.05) is 38.2 Å². The molecular formula is C19H29ClN2O3. The molecule has 0 radical (unpaired) electrons. The van der Waals surface area contributed by atoms with Crippen LogP contribution < -0.4 is 15.4 Å². The first kappa shape index (κ1) is 20.0. The largest absolute Gasteiger partial charge is 0.487 e. The molecule has 0 aliphatic carbocycles. The van der Waals surface area contributed by atoms with Gasteiger partial charge in [-0.3, -0.25) is 4.79 Å². The minimum atomic E-state index is 0.00274. The predicted octanol–water partition coefficient (Wildman–Crippen LogP) is 3.72. The molecule has 140 valence electrons. The van der Waals surface area contributed by atoms with E-state index in [0.717, 1.165) is 25.9 Å². The van der Waals surface area contributed by atoms with E-state index < -0.39 is 0 Å². The van der Waals surface area contributed by atoms with Crippen LogP contribution in [0.4, 0.5) is 5.69 Å². The molecular weight excluding hydrogens is 340 g/mol. The van der Waals surface area contributed by atoms with Crippen molar-refractivity contribution in [3.8, 4) is 5.75 Å². The highest BCUT2D eigenvalue weighted by molar-refractivity contribution is 6.32. The number of amides is 1. The van der Waals surface area contributed by atoms with Gasteiger partial charge in [0.05, 0.1) is 17.3 Å². The number of ether oxygens (including phenoxy) is 2. The van der Waals surface area contributed by atoms with E-state index in [9.17, 15) is 4.79 Å². The summed E-state index contributed by atoms with van der Waals surface area (Å²) in [5.41, 5.74) is 0.617. The van der Waals surface area contributed by atoms with Crippen molar-refractivity contribution < 1.29 is 14.3 Å². The highest BCUT2D eigenvalue weighted by atomic mass is 35.5. The third kappa shape index (κ3) is 6.49. The van der Waals surface area contributed by atoms with Gasteiger partial charge in [-0.1, -0.05) is 24.6 Å². The standard InChI is InChI=1S/C19H29ClN2O3/c1-3-24-11-12-25-19-16(20)5-4-6-17(19)22-18(23)13-14(2)15-7-9-21-10-8-15/h4-6,14-15,21H,3,7-13H2,1-2H3,(H,22,23). The lowest BCUT2D eigenvalue weighted by atomic mass is 9.84. The number of anilines is 1. The van der Waals surface area contributed by atoms with Crippen LogP contribution in [-0.2, 0) is 9.53 Å². The maximum absolute atomic E-state index is 12.5. The molecule has 25 heavy (non-hydrogen) atoms. The predicted molar refractivity (Wildman–Crippen MR) is 101 cm³/mol. The summed E-state index contributed by atoms with van der Waals surface area (Å²) in [5, 5.41) is 6.81. The van der Waals surface area contributed by atoms with Crippen LogP contribution >= 0.6 is 11.6 Å². The zero-order chi connectivity index (χ0) is 18.1. The smallest absolute Gasteiger partial charge is 0.224 e. The number of para-hydroxylation sites is 1. The fraction of sp³-hybridized carbons (Fsp3) is 0.632. The van der Waals surface area contributed by atoms with Crippen molar-refractivity contribution in [1.29, 1.82) is 0 Å². The highest BCUT2D eigenvalue weighted by Gasteiger charge is 2.22. The number of carbonyl (C=O) groups excluding carboxylic acids is 1. The molecule has 1 aliphatic heterocycles. The van der Waals surface area contributed by atoms with E-state index in [1.165, 1.54) is 0 Å². The maximum atomic E-state index is 12.5. The van der Waals surface area contributed by atoms with Gasteiger partial charge in [0, 0.05) is 13.0 Å². The first-order valence-corrected chi connectivity index (χ1v) is 9.49. The average Bonchev–Trinajstić information content (AvgIpc) is 2.61. The van der Waals surface area contributed by atoms with Crippen LogP contribution in [0, 0.1) is 11.8 Å². The van der Waals surface area contributed by atoms with Crippen molar-refractivity contribution in [3.05, 3.63) is 23.2 Å². The Morgan fingerprint density at radius 1 is 1.36 bits per heavy atom. The van der Waals surface area contributed by atoms with Gasteiger partial charge >= 0.3 is 0 Å². The van der Waals surface area contributed by atoms with Crippen LogP contribution in [-0.4, -0.2) is 38.8 Å². The topological polar surface area (TPSA) is 59.6 Å². The van der Waals surface area contributed by atoms with E-state index in [1.54, 1.807) is 6.07 Å². The van der Waals surface area contributed by atoms with Crippen molar-refractivity contribution in [2.45, 2.75) is 33.1 Å². The molecule has 1 fully saturated rings. The third-order valence-corrected chi connectivity index (χ3v) is 4.91. The van der Waals surface area contributed by atoms with Crippen molar-refractivity contribution in [2.24, 2.45) is 11.8 Å². The molecule has 1 aromatic rings. The molecule has 1 saturated heterocycles. The molecule has 0 aromatic heterocycles. The van der Waals surface area contributed by atoms with Gasteiger partial charge in [0.1, 0.15) is 6.61 Å². The molecule has 1 heterocycles. The summed E-state index contributed by atoms with van der Waals surface area (Å²) in [4.78, 5) is 12.5. The molecule has 1 aliphatic rings. The number of carbonyl (C=O) groups is 1. The zero-order valence-electron chi connectivity index (χ0n) is 15.1. The van der Waals surface area contributed by atoms with Crippen LogP contribution in [0.2, 0.25) is 5.02 Å². The van der Waals surface area contributed by atoms with Crippen molar-refractivity contribution in [1.82, 2.24) is 5.32 Å². The van der Waals surface area contributed by atoms with Gasteiger partial charge in [-0.2, -0.15) is 0 Å². The second-order valence-electron chi connectivity index (χ2n) is 6.48. The van der Waals surface area contributed by atoms with Gasteiger partial charge in [-0.05, 0) is 56.8 Å². The van der Waals surface area contributed by atoms with Gasteiger partial charge in [0.25, 0.3) is 0 Å². The first-order chi connectivity index (χ1) is 12.1. The van der Waals surface area contributed by atoms with Crippen molar-refractivity contribution in [3.63, 3.8) is 0 Å². The van der Waals surface area contributed by atoms with E-state index >= 15 is 0 Å². The van der Waals surface area contributed by atoms with Gasteiger partial charge in [-0.15, -0.1) is 0 Å². The quantitative estimate of drug-likeness (QED) is 0.652. The Kier molecular flexibility index (Phi) is 8.52. The summed E-state index contributed by atoms with van der Waals surface area (Å²) >= 11 is 6.23. The maximum Gasteiger partial charge on any atom is 0.224 e. The van der Waals surface area contributed by atoms with Crippen LogP contribution in [0.5, 0.6) is 5.75 Å². The number of nitrogens with one attached hydrogen (secondary N) is 2. The fourth-order valence-corrected chi connectivity index (χ4v) is 3.40. The Morgan fingerprint density at radius 2 is 2.12 bits per heavy atom. The lowest BCUT2D eigenvalue weighted by Gasteiger charge is -2.28. The minimum absolute atomic E-state index is 0.00274. The fourth-order valence-electron chi connectivity index (χ4n) is 3.17. The molecule has 6 heteroatoms. The lowest BCUT2D eigenvalue weighted by molar-refractivity contribution is -0.117. The van der Waals surface area contributed by atoms with Crippen LogP contribution in [0.15, 0.2) is 18.2 Å². The molecule has 1 atom stereocenters. The molecule has 0 bridgehead atoms. The highest BCUT2D eigenvalue weighted by Crippen LogP contribution is 2.33. The molecule has 1 amide bonds. The van der Waals surface area contributed by atoms with E-state index in [0.29, 0.717) is 54.5 Å². The number of halogens is 1. The number of rotatable bonds is 9. The van der Waals surface area contributed by atoms with Gasteiger partial charge in [-0.25, -0.2) is 0 Å². The van der Waals surface area contributed by atoms with E-state index in [1.807, 2.05) is 19.1 Å². The third-order valence-electron chi connectivity index (χ3n) is 4.62. The zero-order valence-corrected chi connectivity index (χ0v) is 15.9. The van der Waals surface area contributed by atoms with E-state index in [2.05, 4.69) is 17.6 Å². The van der Waals surface area contributed by atoms with E-state index in [-0.39, 0.29) is 5.91 Å². The Bertz CT molecular complexity index is 547. The van der Waals surface area contributed by atoms with E-state index in [4.69, 9.17) is 21.1 Å². The molecule has 2 rings (SSSR count). The Morgan fingerprint density at radius 3 is 2.84 bits per heavy atom. The SMILES string of the molecule is CCOCCOc1c(Cl)cccc1NC(=O)CC(C)C1CCNCC1. The number of hydrogen-bond donors (Lipinski definition) is 2. The molecule has 5 nitrogen and oxygen atoms in total. The average molecular weight is 369 g/mol. The summed E-state index contributed by atoms with van der Waals surface area (Å²) in [6.07, 6.45) is 2.78. The summed E-state index contributed by atoms with van der Waals surface area (Å²) in [5.74, 6) is 1.48. The molecule has 2 N–H and O–H groups in total. The monoisotopic (exact) mass is 368 g/mol. The minimum Gasteiger partial charge on any atom is -0.487 e. The van der Waals surface area contributed by atoms with Gasteiger partial charge < -0.3 is 20.1 Å². The van der Waals surface area contributed by atoms with Gasteiger partial charge in [0.2, 0.25) is 5.91 Å².